The van der Waals surface area contributed by atoms with Gasteiger partial charge < -0.3 is 19.8 Å². The van der Waals surface area contributed by atoms with E-state index in [9.17, 15) is 13.6 Å². The van der Waals surface area contributed by atoms with Crippen LogP contribution in [-0.2, 0) is 4.79 Å². The Labute approximate surface area is 158 Å². The topological polar surface area (TPSA) is 63.5 Å². The van der Waals surface area contributed by atoms with E-state index in [-0.39, 0.29) is 6.54 Å². The van der Waals surface area contributed by atoms with Crippen LogP contribution in [0.4, 0.5) is 20.2 Å². The molecule has 142 valence electrons. The van der Waals surface area contributed by atoms with Gasteiger partial charge in [-0.05, 0) is 24.3 Å². The maximum atomic E-state index is 13.7. The third-order valence-electron chi connectivity index (χ3n) is 4.37. The fourth-order valence-corrected chi connectivity index (χ4v) is 3.03. The lowest BCUT2D eigenvalue weighted by atomic mass is 10.1. The summed E-state index contributed by atoms with van der Waals surface area (Å²) in [6, 6.07) is 14.5. The molecule has 5 nitrogen and oxygen atoms in total. The maximum Gasteiger partial charge on any atom is 0.243 e. The van der Waals surface area contributed by atoms with Crippen LogP contribution in [-0.4, -0.2) is 19.6 Å². The Bertz CT molecular complexity index is 1170. The summed E-state index contributed by atoms with van der Waals surface area (Å²) in [6.07, 6.45) is 0. The molecule has 7 heteroatoms. The van der Waals surface area contributed by atoms with Crippen LogP contribution in [0, 0.1) is 11.6 Å². The molecule has 0 unspecified atom stereocenters. The number of nitrogens with one attached hydrogen (secondary N) is 2. The zero-order chi connectivity index (χ0) is 19.7. The van der Waals surface area contributed by atoms with Gasteiger partial charge in [0, 0.05) is 16.8 Å². The summed E-state index contributed by atoms with van der Waals surface area (Å²) in [7, 11) is 1.52. The summed E-state index contributed by atoms with van der Waals surface area (Å²) in [5, 5.41) is 6.99. The number of hydrogen-bond donors (Lipinski definition) is 2. The quantitative estimate of drug-likeness (QED) is 0.514. The van der Waals surface area contributed by atoms with E-state index in [2.05, 4.69) is 10.6 Å². The first-order valence-electron chi connectivity index (χ1n) is 8.54. The second-order valence-corrected chi connectivity index (χ2v) is 6.15. The lowest BCUT2D eigenvalue weighted by Crippen LogP contribution is -2.23. The SMILES string of the molecule is COc1cc2c(cc1NCC(=O)Nc1c(F)cccc1F)oc1ccccc12. The molecule has 4 rings (SSSR count). The van der Waals surface area contributed by atoms with Gasteiger partial charge in [-0.3, -0.25) is 4.79 Å². The number of halogens is 2. The number of methoxy groups -OCH3 is 1. The van der Waals surface area contributed by atoms with E-state index >= 15 is 0 Å². The van der Waals surface area contributed by atoms with Gasteiger partial charge in [-0.2, -0.15) is 0 Å². The molecule has 1 amide bonds. The second kappa shape index (κ2) is 7.19. The number of amides is 1. The van der Waals surface area contributed by atoms with Crippen LogP contribution in [0.3, 0.4) is 0 Å². The normalized spacial score (nSPS) is 11.0. The highest BCUT2D eigenvalue weighted by Crippen LogP contribution is 2.36. The standard InChI is InChI=1S/C21H16F2N2O3/c1-27-19-9-13-12-5-2-3-8-17(12)28-18(13)10-16(19)24-11-20(26)25-21-14(22)6-4-7-15(21)23/h2-10,24H,11H2,1H3,(H,25,26). The van der Waals surface area contributed by atoms with Crippen molar-refractivity contribution < 1.29 is 22.7 Å². The number of hydrogen-bond acceptors (Lipinski definition) is 4. The minimum Gasteiger partial charge on any atom is -0.495 e. The van der Waals surface area contributed by atoms with Gasteiger partial charge in [0.25, 0.3) is 0 Å². The van der Waals surface area contributed by atoms with Gasteiger partial charge in [-0.25, -0.2) is 8.78 Å². The molecule has 0 aliphatic heterocycles. The van der Waals surface area contributed by atoms with E-state index in [1.54, 1.807) is 6.07 Å². The zero-order valence-corrected chi connectivity index (χ0v) is 14.9. The van der Waals surface area contributed by atoms with Crippen molar-refractivity contribution >= 4 is 39.2 Å². The van der Waals surface area contributed by atoms with Gasteiger partial charge in [-0.15, -0.1) is 0 Å². The van der Waals surface area contributed by atoms with E-state index in [4.69, 9.17) is 9.15 Å². The van der Waals surface area contributed by atoms with Crippen molar-refractivity contribution in [3.05, 3.63) is 66.2 Å². The molecule has 0 aliphatic carbocycles. The Balaban J connectivity index is 1.57. The Kier molecular flexibility index (Phi) is 4.57. The highest BCUT2D eigenvalue weighted by atomic mass is 19.1. The summed E-state index contributed by atoms with van der Waals surface area (Å²) >= 11 is 0. The molecular formula is C21H16F2N2O3. The first kappa shape index (κ1) is 17.8. The van der Waals surface area contributed by atoms with Crippen LogP contribution in [0.15, 0.2) is 59.0 Å². The van der Waals surface area contributed by atoms with Crippen molar-refractivity contribution in [2.75, 3.05) is 24.3 Å². The molecule has 1 aromatic heterocycles. The molecule has 0 atom stereocenters. The van der Waals surface area contributed by atoms with Gasteiger partial charge >= 0.3 is 0 Å². The van der Waals surface area contributed by atoms with E-state index < -0.39 is 23.2 Å². The number of fused-ring (bicyclic) bond motifs is 3. The minimum absolute atomic E-state index is 0.212. The molecule has 0 fully saturated rings. The lowest BCUT2D eigenvalue weighted by molar-refractivity contribution is -0.114. The van der Waals surface area contributed by atoms with Gasteiger partial charge in [0.1, 0.15) is 34.2 Å². The van der Waals surface area contributed by atoms with Crippen LogP contribution >= 0.6 is 0 Å². The van der Waals surface area contributed by atoms with Crippen LogP contribution in [0.5, 0.6) is 5.75 Å². The summed E-state index contributed by atoms with van der Waals surface area (Å²) < 4.78 is 38.6. The zero-order valence-electron chi connectivity index (χ0n) is 14.9. The van der Waals surface area contributed by atoms with E-state index in [0.29, 0.717) is 17.0 Å². The largest absolute Gasteiger partial charge is 0.495 e. The first-order valence-corrected chi connectivity index (χ1v) is 8.54. The summed E-state index contributed by atoms with van der Waals surface area (Å²) in [6.45, 7) is -0.212. The fraction of sp³-hybridized carbons (Fsp3) is 0.0952. The number of para-hydroxylation sites is 2. The van der Waals surface area contributed by atoms with Crippen molar-refractivity contribution in [3.63, 3.8) is 0 Å². The summed E-state index contributed by atoms with van der Waals surface area (Å²) in [4.78, 5) is 12.1. The molecule has 3 aromatic carbocycles. The number of rotatable bonds is 5. The number of anilines is 2. The number of carbonyl (C=O) groups is 1. The van der Waals surface area contributed by atoms with Crippen LogP contribution < -0.4 is 15.4 Å². The maximum absolute atomic E-state index is 13.7. The van der Waals surface area contributed by atoms with Gasteiger partial charge in [0.05, 0.1) is 19.3 Å². The fourth-order valence-electron chi connectivity index (χ4n) is 3.03. The minimum atomic E-state index is -0.838. The molecule has 4 aromatic rings. The molecule has 28 heavy (non-hydrogen) atoms. The summed E-state index contributed by atoms with van der Waals surface area (Å²) in [5.41, 5.74) is 1.42. The van der Waals surface area contributed by atoms with Crippen molar-refractivity contribution in [2.45, 2.75) is 0 Å². The molecule has 0 radical (unpaired) electrons. The Morgan fingerprint density at radius 3 is 2.50 bits per heavy atom. The van der Waals surface area contributed by atoms with Crippen molar-refractivity contribution in [3.8, 4) is 5.75 Å². The van der Waals surface area contributed by atoms with Gasteiger partial charge in [-0.1, -0.05) is 24.3 Å². The Morgan fingerprint density at radius 1 is 1.00 bits per heavy atom. The molecule has 0 saturated heterocycles. The summed E-state index contributed by atoms with van der Waals surface area (Å²) in [5.74, 6) is -1.76. The first-order chi connectivity index (χ1) is 13.6. The monoisotopic (exact) mass is 382 g/mol. The number of ether oxygens (including phenoxy) is 1. The lowest BCUT2D eigenvalue weighted by Gasteiger charge is -2.12. The predicted octanol–water partition coefficient (Wildman–Crippen LogP) is 4.92. The average Bonchev–Trinajstić information content (AvgIpc) is 3.06. The molecule has 0 bridgehead atoms. The van der Waals surface area contributed by atoms with Crippen LogP contribution in [0.2, 0.25) is 0 Å². The molecule has 2 N–H and O–H groups in total. The van der Waals surface area contributed by atoms with Crippen molar-refractivity contribution in [1.29, 1.82) is 0 Å². The van der Waals surface area contributed by atoms with E-state index in [0.717, 1.165) is 28.5 Å². The Morgan fingerprint density at radius 2 is 1.75 bits per heavy atom. The second-order valence-electron chi connectivity index (χ2n) is 6.15. The number of benzene rings is 3. The highest BCUT2D eigenvalue weighted by Gasteiger charge is 2.15. The van der Waals surface area contributed by atoms with Gasteiger partial charge in [0.15, 0.2) is 0 Å². The average molecular weight is 382 g/mol. The van der Waals surface area contributed by atoms with E-state index in [1.165, 1.54) is 13.2 Å². The van der Waals surface area contributed by atoms with E-state index in [1.807, 2.05) is 30.3 Å². The van der Waals surface area contributed by atoms with Crippen LogP contribution in [0.1, 0.15) is 0 Å². The molecule has 0 aliphatic rings. The molecule has 0 saturated carbocycles. The predicted molar refractivity (Wildman–Crippen MR) is 104 cm³/mol. The highest BCUT2D eigenvalue weighted by molar-refractivity contribution is 6.06. The molecule has 1 heterocycles. The van der Waals surface area contributed by atoms with Gasteiger partial charge in [0.2, 0.25) is 5.91 Å². The number of furan rings is 1. The Hall–Kier alpha value is -3.61. The number of carbonyl (C=O) groups excluding carboxylic acids is 1. The molecular weight excluding hydrogens is 366 g/mol. The smallest absolute Gasteiger partial charge is 0.243 e. The third kappa shape index (κ3) is 3.22. The molecule has 0 spiro atoms. The van der Waals surface area contributed by atoms with Crippen molar-refractivity contribution in [1.82, 2.24) is 0 Å². The van der Waals surface area contributed by atoms with Crippen molar-refractivity contribution in [2.24, 2.45) is 0 Å². The van der Waals surface area contributed by atoms with Crippen LogP contribution in [0.25, 0.3) is 21.9 Å². The third-order valence-corrected chi connectivity index (χ3v) is 4.37.